The fourth-order valence-corrected chi connectivity index (χ4v) is 14.7. The van der Waals surface area contributed by atoms with Gasteiger partial charge in [0.2, 0.25) is 0 Å². The summed E-state index contributed by atoms with van der Waals surface area (Å²) in [5.41, 5.74) is 16.4. The van der Waals surface area contributed by atoms with E-state index in [0.29, 0.717) is 0 Å². The van der Waals surface area contributed by atoms with Crippen LogP contribution in [0.3, 0.4) is 0 Å². The SMILES string of the molecule is CC1(C)c2ccccc2C2(c3cc(N(c4ccc(F)cc4)c4cccc5c4oc4ccccc45)ccc3-c3c2cc(N(c2ccc(F)cc2)c2cccc4c2oc2ccccc24)c2c3sc3ccccc32)c2ccccc21. The number of hydrogen-bond donors (Lipinski definition) is 0. The summed E-state index contributed by atoms with van der Waals surface area (Å²) >= 11 is 1.81. The fraction of sp³-hybridized carbons (Fsp3) is 0.0571. The third-order valence-electron chi connectivity index (χ3n) is 16.6. The molecule has 77 heavy (non-hydrogen) atoms. The molecule has 3 aromatic heterocycles. The quantitative estimate of drug-likeness (QED) is 0.166. The van der Waals surface area contributed by atoms with Crippen molar-refractivity contribution >= 4 is 110 Å². The lowest BCUT2D eigenvalue weighted by atomic mass is 9.55. The van der Waals surface area contributed by atoms with E-state index in [1.165, 1.54) is 39.9 Å². The fourth-order valence-electron chi connectivity index (χ4n) is 13.4. The minimum absolute atomic E-state index is 0.313. The average molecular weight is 1020 g/mol. The first kappa shape index (κ1) is 44.0. The van der Waals surface area contributed by atoms with E-state index in [0.717, 1.165) is 115 Å². The van der Waals surface area contributed by atoms with Gasteiger partial charge in [-0.15, -0.1) is 11.3 Å². The molecule has 3 heterocycles. The molecule has 0 bridgehead atoms. The van der Waals surface area contributed by atoms with Crippen molar-refractivity contribution in [3.05, 3.63) is 276 Å². The summed E-state index contributed by atoms with van der Waals surface area (Å²) in [4.78, 5) is 4.51. The monoisotopic (exact) mass is 1010 g/mol. The van der Waals surface area contributed by atoms with Crippen molar-refractivity contribution in [3.63, 3.8) is 0 Å². The Labute approximate surface area is 445 Å². The highest BCUT2D eigenvalue weighted by Gasteiger charge is 2.54. The summed E-state index contributed by atoms with van der Waals surface area (Å²) in [6.45, 7) is 4.69. The van der Waals surface area contributed by atoms with Gasteiger partial charge in [-0.25, -0.2) is 8.78 Å². The van der Waals surface area contributed by atoms with E-state index < -0.39 is 5.41 Å². The number of furan rings is 2. The van der Waals surface area contributed by atoms with Crippen LogP contribution in [0.15, 0.2) is 239 Å². The molecule has 0 saturated carbocycles. The van der Waals surface area contributed by atoms with E-state index in [9.17, 15) is 0 Å². The molecule has 7 heteroatoms. The van der Waals surface area contributed by atoms with Crippen molar-refractivity contribution in [1.82, 2.24) is 0 Å². The molecule has 0 saturated heterocycles. The van der Waals surface area contributed by atoms with Gasteiger partial charge in [0.25, 0.3) is 0 Å². The standard InChI is InChI=1S/C70H44F2N2O2S/c1-69(2)52-20-6-8-22-54(52)70(55-23-9-7-21-53(55)69)56-39-45(73(43-33-29-41(71)30-34-43)58-24-13-18-48-46-15-3-10-26-61(46)75-66(48)58)37-38-50(56)64-57(70)40-60(65-51-17-5-12-28-63(51)77-68(64)65)74(44-35-31-42(72)32-36-44)59-25-14-19-49-47-16-4-11-27-62(47)76-67(49)59/h3-40H,1-2H3. The second kappa shape index (κ2) is 16.1. The van der Waals surface area contributed by atoms with Crippen LogP contribution in [0.5, 0.6) is 0 Å². The lowest BCUT2D eigenvalue weighted by Gasteiger charge is -2.47. The molecule has 0 N–H and O–H groups in total. The first-order valence-corrected chi connectivity index (χ1v) is 26.8. The van der Waals surface area contributed by atoms with Gasteiger partial charge in [-0.2, -0.15) is 0 Å². The van der Waals surface area contributed by atoms with Crippen molar-refractivity contribution in [3.8, 4) is 11.1 Å². The first-order valence-electron chi connectivity index (χ1n) is 26.0. The lowest BCUT2D eigenvalue weighted by molar-refractivity contribution is 0.563. The Morgan fingerprint density at radius 2 is 0.870 bits per heavy atom. The molecular formula is C70H44F2N2O2S. The molecule has 0 unspecified atom stereocenters. The van der Waals surface area contributed by atoms with Gasteiger partial charge < -0.3 is 18.6 Å². The molecule has 2 aliphatic rings. The second-order valence-electron chi connectivity index (χ2n) is 20.9. The van der Waals surface area contributed by atoms with Gasteiger partial charge in [0, 0.05) is 69.8 Å². The normalized spacial score (nSPS) is 13.9. The smallest absolute Gasteiger partial charge is 0.159 e. The zero-order valence-corrected chi connectivity index (χ0v) is 42.6. The van der Waals surface area contributed by atoms with Crippen LogP contribution in [0.4, 0.5) is 42.9 Å². The van der Waals surface area contributed by atoms with Crippen molar-refractivity contribution in [2.45, 2.75) is 24.7 Å². The topological polar surface area (TPSA) is 32.8 Å². The van der Waals surface area contributed by atoms with Crippen molar-refractivity contribution in [2.24, 2.45) is 0 Å². The van der Waals surface area contributed by atoms with Crippen molar-refractivity contribution < 1.29 is 17.6 Å². The Hall–Kier alpha value is -9.30. The number of para-hydroxylation sites is 4. The number of rotatable bonds is 6. The van der Waals surface area contributed by atoms with Gasteiger partial charge in [-0.05, 0) is 136 Å². The predicted octanol–water partition coefficient (Wildman–Crippen LogP) is 20.1. The number of thiophene rings is 1. The van der Waals surface area contributed by atoms with Gasteiger partial charge >= 0.3 is 0 Å². The maximum atomic E-state index is 15.3. The Bertz CT molecular complexity index is 4730. The summed E-state index contributed by atoms with van der Waals surface area (Å²) < 4.78 is 46.3. The number of hydrogen-bond acceptors (Lipinski definition) is 5. The number of halogens is 2. The molecule has 0 radical (unpaired) electrons. The highest BCUT2D eigenvalue weighted by atomic mass is 32.1. The lowest BCUT2D eigenvalue weighted by Crippen LogP contribution is -2.40. The van der Waals surface area contributed by atoms with E-state index >= 15 is 8.78 Å². The Kier molecular flexibility index (Phi) is 9.21. The number of anilines is 6. The highest BCUT2D eigenvalue weighted by Crippen LogP contribution is 2.66. The molecule has 0 fully saturated rings. The van der Waals surface area contributed by atoms with Gasteiger partial charge in [0.05, 0.1) is 22.5 Å². The molecule has 11 aromatic carbocycles. The summed E-state index contributed by atoms with van der Waals surface area (Å²) in [6, 6.07) is 78.6. The van der Waals surface area contributed by atoms with Crippen molar-refractivity contribution in [2.75, 3.05) is 9.80 Å². The molecule has 0 aliphatic heterocycles. The van der Waals surface area contributed by atoms with Crippen molar-refractivity contribution in [1.29, 1.82) is 0 Å². The van der Waals surface area contributed by atoms with Crippen LogP contribution in [0.2, 0.25) is 0 Å². The molecule has 16 rings (SSSR count). The third kappa shape index (κ3) is 6.06. The maximum Gasteiger partial charge on any atom is 0.159 e. The summed E-state index contributed by atoms with van der Waals surface area (Å²) in [5.74, 6) is -0.628. The minimum Gasteiger partial charge on any atom is -0.454 e. The van der Waals surface area contributed by atoms with Gasteiger partial charge in [0.15, 0.2) is 11.2 Å². The second-order valence-corrected chi connectivity index (χ2v) is 22.0. The molecule has 366 valence electrons. The molecule has 0 amide bonds. The maximum absolute atomic E-state index is 15.3. The Balaban J connectivity index is 1.06. The minimum atomic E-state index is -0.873. The van der Waals surface area contributed by atoms with Crippen LogP contribution in [0.1, 0.15) is 47.2 Å². The zero-order valence-electron chi connectivity index (χ0n) is 41.8. The van der Waals surface area contributed by atoms with Crippen LogP contribution in [0.25, 0.3) is 75.2 Å². The van der Waals surface area contributed by atoms with Gasteiger partial charge in [-0.3, -0.25) is 0 Å². The largest absolute Gasteiger partial charge is 0.454 e. The summed E-state index contributed by atoms with van der Waals surface area (Å²) in [5, 5.41) is 6.26. The van der Waals surface area contributed by atoms with E-state index in [4.69, 9.17) is 8.83 Å². The van der Waals surface area contributed by atoms with Gasteiger partial charge in [0.1, 0.15) is 22.8 Å². The van der Waals surface area contributed by atoms with E-state index in [1.54, 1.807) is 12.1 Å². The molecule has 0 atom stereocenters. The summed E-state index contributed by atoms with van der Waals surface area (Å²) in [7, 11) is 0. The van der Waals surface area contributed by atoms with Gasteiger partial charge in [-0.1, -0.05) is 147 Å². The average Bonchev–Trinajstić information content (AvgIpc) is 2.88. The zero-order chi connectivity index (χ0) is 51.3. The molecule has 2 aliphatic carbocycles. The molecule has 4 nitrogen and oxygen atoms in total. The van der Waals surface area contributed by atoms with Crippen LogP contribution in [-0.4, -0.2) is 0 Å². The van der Waals surface area contributed by atoms with E-state index in [-0.39, 0.29) is 17.0 Å². The molecule has 1 spiro atoms. The molecule has 14 aromatic rings. The van der Waals surface area contributed by atoms with Crippen LogP contribution in [0, 0.1) is 11.6 Å². The third-order valence-corrected chi connectivity index (χ3v) is 17.8. The van der Waals surface area contributed by atoms with E-state index in [2.05, 4.69) is 169 Å². The number of nitrogens with zero attached hydrogens (tertiary/aromatic N) is 2. The summed E-state index contributed by atoms with van der Waals surface area (Å²) in [6.07, 6.45) is 0. The van der Waals surface area contributed by atoms with Crippen LogP contribution >= 0.6 is 11.3 Å². The number of benzene rings is 11. The first-order chi connectivity index (χ1) is 37.8. The number of fused-ring (bicyclic) bond motifs is 19. The Morgan fingerprint density at radius 3 is 1.47 bits per heavy atom. The molecular weight excluding hydrogens is 971 g/mol. The Morgan fingerprint density at radius 1 is 0.390 bits per heavy atom. The van der Waals surface area contributed by atoms with Crippen LogP contribution in [-0.2, 0) is 10.8 Å². The van der Waals surface area contributed by atoms with Crippen LogP contribution < -0.4 is 9.80 Å². The highest BCUT2D eigenvalue weighted by molar-refractivity contribution is 7.26. The van der Waals surface area contributed by atoms with E-state index in [1.807, 2.05) is 72.0 Å². The predicted molar refractivity (Wildman–Crippen MR) is 313 cm³/mol.